The second-order valence-corrected chi connectivity index (χ2v) is 17.2. The molecule has 0 radical (unpaired) electrons. The quantitative estimate of drug-likeness (QED) is 0.157. The molecular formula is C61H45N3. The van der Waals surface area contributed by atoms with Crippen molar-refractivity contribution in [3.8, 4) is 22.3 Å². The lowest BCUT2D eigenvalue weighted by Crippen LogP contribution is -2.27. The molecular weight excluding hydrogens is 775 g/mol. The lowest BCUT2D eigenvalue weighted by atomic mass is 9.80. The number of benzene rings is 7. The molecule has 3 nitrogen and oxygen atoms in total. The van der Waals surface area contributed by atoms with Gasteiger partial charge in [0.25, 0.3) is 0 Å². The summed E-state index contributed by atoms with van der Waals surface area (Å²) in [5.41, 5.74) is 20.0. The van der Waals surface area contributed by atoms with Gasteiger partial charge >= 0.3 is 0 Å². The van der Waals surface area contributed by atoms with Crippen LogP contribution < -0.4 is 0 Å². The zero-order chi connectivity index (χ0) is 42.7. The van der Waals surface area contributed by atoms with Crippen LogP contribution in [0.5, 0.6) is 0 Å². The Morgan fingerprint density at radius 3 is 2.00 bits per heavy atom. The Kier molecular flexibility index (Phi) is 9.15. The Morgan fingerprint density at radius 1 is 0.547 bits per heavy atom. The first-order valence-corrected chi connectivity index (χ1v) is 22.4. The fourth-order valence-corrected chi connectivity index (χ4v) is 10.6. The highest BCUT2D eigenvalue weighted by Crippen LogP contribution is 2.51. The van der Waals surface area contributed by atoms with E-state index in [2.05, 4.69) is 176 Å². The van der Waals surface area contributed by atoms with Gasteiger partial charge in [-0.25, -0.2) is 0 Å². The number of pyridine rings is 2. The van der Waals surface area contributed by atoms with Crippen molar-refractivity contribution in [1.82, 2.24) is 14.9 Å². The molecule has 0 N–H and O–H groups in total. The summed E-state index contributed by atoms with van der Waals surface area (Å²) in [7, 11) is 0. The Bertz CT molecular complexity index is 3510. The molecule has 2 aromatic heterocycles. The summed E-state index contributed by atoms with van der Waals surface area (Å²) in [6.45, 7) is 6.95. The number of fused-ring (bicyclic) bond motifs is 6. The molecule has 0 saturated heterocycles. The van der Waals surface area contributed by atoms with Gasteiger partial charge in [0.2, 0.25) is 0 Å². The predicted octanol–water partition coefficient (Wildman–Crippen LogP) is 15.7. The van der Waals surface area contributed by atoms with Crippen molar-refractivity contribution >= 4 is 66.5 Å². The van der Waals surface area contributed by atoms with Gasteiger partial charge in [0, 0.05) is 40.5 Å². The molecule has 7 aromatic carbocycles. The van der Waals surface area contributed by atoms with Crippen LogP contribution in [0.4, 0.5) is 0 Å². The lowest BCUT2D eigenvalue weighted by molar-refractivity contribution is 0.633. The molecule has 12 rings (SSSR count). The van der Waals surface area contributed by atoms with E-state index in [0.29, 0.717) is 0 Å². The van der Waals surface area contributed by atoms with E-state index in [0.717, 1.165) is 59.6 Å². The van der Waals surface area contributed by atoms with E-state index in [-0.39, 0.29) is 0 Å². The number of aryl methyl sites for hydroxylation is 1. The molecule has 3 heteroatoms. The molecule has 0 unspecified atom stereocenters. The zero-order valence-electron chi connectivity index (χ0n) is 35.9. The monoisotopic (exact) mass is 819 g/mol. The molecule has 3 aliphatic rings. The Balaban J connectivity index is 1.09. The Labute approximate surface area is 374 Å². The number of hydrogen-bond acceptors (Lipinski definition) is 3. The van der Waals surface area contributed by atoms with Gasteiger partial charge in [-0.2, -0.15) is 0 Å². The molecule has 2 aliphatic carbocycles. The third-order valence-corrected chi connectivity index (χ3v) is 13.6. The maximum Gasteiger partial charge on any atom is 0.0873 e. The van der Waals surface area contributed by atoms with E-state index >= 15 is 0 Å². The third-order valence-electron chi connectivity index (χ3n) is 13.6. The highest BCUT2D eigenvalue weighted by atomic mass is 15.2. The van der Waals surface area contributed by atoms with Crippen molar-refractivity contribution in [3.05, 3.63) is 240 Å². The number of aromatic nitrogens is 2. The third kappa shape index (κ3) is 6.27. The van der Waals surface area contributed by atoms with Crippen LogP contribution in [-0.4, -0.2) is 14.9 Å². The maximum absolute atomic E-state index is 4.93. The Hall–Kier alpha value is -7.88. The van der Waals surface area contributed by atoms with E-state index in [9.17, 15) is 0 Å². The highest BCUT2D eigenvalue weighted by Gasteiger charge is 2.34. The second-order valence-electron chi connectivity index (χ2n) is 17.2. The van der Waals surface area contributed by atoms with Crippen LogP contribution >= 0.6 is 0 Å². The molecule has 0 bridgehead atoms. The van der Waals surface area contributed by atoms with Crippen molar-refractivity contribution in [2.45, 2.75) is 32.6 Å². The van der Waals surface area contributed by atoms with E-state index in [1.807, 2.05) is 30.6 Å². The van der Waals surface area contributed by atoms with E-state index in [4.69, 9.17) is 16.5 Å². The molecule has 0 fully saturated rings. The van der Waals surface area contributed by atoms with Crippen molar-refractivity contribution in [3.63, 3.8) is 0 Å². The fraction of sp³-hybridized carbons (Fsp3) is 0.0820. The lowest BCUT2D eigenvalue weighted by Gasteiger charge is -2.40. The zero-order valence-corrected chi connectivity index (χ0v) is 35.9. The number of allylic oxidation sites excluding steroid dienone is 6. The van der Waals surface area contributed by atoms with Gasteiger partial charge < -0.3 is 4.90 Å². The SMILES string of the molecule is C=C1c2ccccc2C2=C(CCC(c3ccc4c(-c5ccc6ccccc6c5)c5ccccc5c(-c5ccc6c(c5)CCC=C6)c4c3)=C2)N1/C(=C(\C)c1ccccn1)c1ccccn1. The molecule has 0 atom stereocenters. The molecule has 0 saturated carbocycles. The first-order chi connectivity index (χ1) is 31.6. The van der Waals surface area contributed by atoms with E-state index in [1.54, 1.807) is 0 Å². The average Bonchev–Trinajstić information content (AvgIpc) is 3.36. The summed E-state index contributed by atoms with van der Waals surface area (Å²) in [6.07, 6.45) is 14.6. The Morgan fingerprint density at radius 2 is 1.20 bits per heavy atom. The smallest absolute Gasteiger partial charge is 0.0873 e. The van der Waals surface area contributed by atoms with Crippen molar-refractivity contribution in [2.75, 3.05) is 0 Å². The van der Waals surface area contributed by atoms with E-state index < -0.39 is 0 Å². The average molecular weight is 820 g/mol. The number of hydrogen-bond donors (Lipinski definition) is 0. The van der Waals surface area contributed by atoms with Crippen LogP contribution in [-0.2, 0) is 6.42 Å². The summed E-state index contributed by atoms with van der Waals surface area (Å²) in [6, 6.07) is 60.0. The van der Waals surface area contributed by atoms with Crippen LogP contribution in [0.2, 0.25) is 0 Å². The van der Waals surface area contributed by atoms with Gasteiger partial charge in [-0.05, 0) is 157 Å². The van der Waals surface area contributed by atoms with Crippen LogP contribution in [0.3, 0.4) is 0 Å². The van der Waals surface area contributed by atoms with Gasteiger partial charge in [-0.15, -0.1) is 0 Å². The van der Waals surface area contributed by atoms with Gasteiger partial charge in [0.1, 0.15) is 0 Å². The van der Waals surface area contributed by atoms with Crippen molar-refractivity contribution in [1.29, 1.82) is 0 Å². The fourth-order valence-electron chi connectivity index (χ4n) is 10.6. The second kappa shape index (κ2) is 15.5. The van der Waals surface area contributed by atoms with Gasteiger partial charge in [-0.1, -0.05) is 146 Å². The van der Waals surface area contributed by atoms with Crippen LogP contribution in [0.1, 0.15) is 65.4 Å². The predicted molar refractivity (Wildman–Crippen MR) is 270 cm³/mol. The normalized spacial score (nSPS) is 14.9. The molecule has 3 heterocycles. The summed E-state index contributed by atoms with van der Waals surface area (Å²) < 4.78 is 0. The van der Waals surface area contributed by atoms with Gasteiger partial charge in [0.15, 0.2) is 0 Å². The molecule has 0 spiro atoms. The first kappa shape index (κ1) is 37.8. The highest BCUT2D eigenvalue weighted by molar-refractivity contribution is 6.22. The first-order valence-electron chi connectivity index (χ1n) is 22.4. The molecule has 304 valence electrons. The van der Waals surface area contributed by atoms with Crippen LogP contribution in [0, 0.1) is 0 Å². The summed E-state index contributed by atoms with van der Waals surface area (Å²) in [5, 5.41) is 7.59. The minimum atomic E-state index is 0.837. The van der Waals surface area contributed by atoms with Gasteiger partial charge in [-0.3, -0.25) is 9.97 Å². The summed E-state index contributed by atoms with van der Waals surface area (Å²) in [4.78, 5) is 12.1. The minimum Gasteiger partial charge on any atom is -0.311 e. The topological polar surface area (TPSA) is 29.0 Å². The molecule has 0 amide bonds. The maximum atomic E-state index is 4.93. The van der Waals surface area contributed by atoms with Gasteiger partial charge in [0.05, 0.1) is 17.1 Å². The van der Waals surface area contributed by atoms with Crippen molar-refractivity contribution in [2.24, 2.45) is 0 Å². The number of nitrogens with zero attached hydrogens (tertiary/aromatic N) is 3. The number of rotatable bonds is 6. The van der Waals surface area contributed by atoms with E-state index in [1.165, 1.54) is 93.7 Å². The van der Waals surface area contributed by atoms with Crippen molar-refractivity contribution < 1.29 is 0 Å². The molecule has 64 heavy (non-hydrogen) atoms. The summed E-state index contributed by atoms with van der Waals surface area (Å²) in [5.74, 6) is 0. The standard InChI is InChI=1S/C61H45N3/c1-39(56-23-11-13-33-62-56)61(57-24-12-14-34-63-57)64-40(2)49-19-7-8-20-50(49)54-37-46(30-32-58(54)64)45-29-31-53-55(38-45)60(48-28-26-42-16-4-6-18-44(42)36-48)52-22-10-9-21-51(52)59(53)47-27-25-41-15-3-5-17-43(41)35-47/h3-5,7-17,19-29,31,33-38H,2,6,18,30,32H2,1H3/b61-39+. The molecule has 1 aliphatic heterocycles. The summed E-state index contributed by atoms with van der Waals surface area (Å²) >= 11 is 0. The molecule has 9 aromatic rings. The van der Waals surface area contributed by atoms with Crippen LogP contribution in [0.25, 0.3) is 88.8 Å². The minimum absolute atomic E-state index is 0.837. The van der Waals surface area contributed by atoms with Crippen LogP contribution in [0.15, 0.2) is 201 Å². The largest absolute Gasteiger partial charge is 0.311 e.